The van der Waals surface area contributed by atoms with E-state index < -0.39 is 5.69 Å². The second-order valence-corrected chi connectivity index (χ2v) is 6.93. The molecule has 0 atom stereocenters. The number of aromatic nitrogens is 2. The van der Waals surface area contributed by atoms with Crippen LogP contribution in [0.25, 0.3) is 10.2 Å². The summed E-state index contributed by atoms with van der Waals surface area (Å²) in [6.07, 6.45) is 1.47. The number of nitrogens with one attached hydrogen (secondary N) is 2. The Morgan fingerprint density at radius 3 is 2.70 bits per heavy atom. The highest BCUT2D eigenvalue weighted by Gasteiger charge is 2.09. The van der Waals surface area contributed by atoms with Crippen molar-refractivity contribution in [2.45, 2.75) is 32.7 Å². The van der Waals surface area contributed by atoms with Crippen molar-refractivity contribution in [3.05, 3.63) is 56.5 Å². The highest BCUT2D eigenvalue weighted by atomic mass is 32.1. The first-order chi connectivity index (χ1) is 13.1. The topological polar surface area (TPSA) is 93.2 Å². The molecule has 3 rings (SSSR count). The van der Waals surface area contributed by atoms with Crippen LogP contribution in [0, 0.1) is 0 Å². The molecule has 27 heavy (non-hydrogen) atoms. The number of benzene rings is 1. The Bertz CT molecular complexity index is 1030. The molecule has 0 radical (unpaired) electrons. The molecule has 1 aromatic carbocycles. The number of rotatable bonds is 8. The fourth-order valence-corrected chi connectivity index (χ4v) is 3.55. The van der Waals surface area contributed by atoms with Crippen LogP contribution >= 0.6 is 11.3 Å². The molecule has 2 heterocycles. The molecule has 142 valence electrons. The predicted octanol–water partition coefficient (Wildman–Crippen LogP) is 2.96. The summed E-state index contributed by atoms with van der Waals surface area (Å²) in [5.41, 5.74) is 0.590. The summed E-state index contributed by atoms with van der Waals surface area (Å²) in [5, 5.41) is 4.60. The number of ether oxygens (including phenoxy) is 1. The average Bonchev–Trinajstić information content (AvgIpc) is 3.11. The molecule has 7 nitrogen and oxygen atoms in total. The molecular weight excluding hydrogens is 366 g/mol. The number of hydrogen-bond donors (Lipinski definition) is 2. The van der Waals surface area contributed by atoms with Gasteiger partial charge in [0.05, 0.1) is 12.1 Å². The average molecular weight is 387 g/mol. The number of thiophene rings is 1. The van der Waals surface area contributed by atoms with Crippen molar-refractivity contribution in [3.8, 4) is 5.75 Å². The first-order valence-electron chi connectivity index (χ1n) is 8.81. The molecule has 8 heteroatoms. The lowest BCUT2D eigenvalue weighted by molar-refractivity contribution is -0.116. The first kappa shape index (κ1) is 18.9. The zero-order chi connectivity index (χ0) is 19.2. The van der Waals surface area contributed by atoms with Gasteiger partial charge in [0.2, 0.25) is 5.91 Å². The van der Waals surface area contributed by atoms with Gasteiger partial charge in [-0.1, -0.05) is 0 Å². The lowest BCUT2D eigenvalue weighted by Crippen LogP contribution is -2.34. The summed E-state index contributed by atoms with van der Waals surface area (Å²) in [6.45, 7) is 2.80. The van der Waals surface area contributed by atoms with Crippen LogP contribution in [0.15, 0.2) is 45.3 Å². The maximum atomic E-state index is 12.3. The van der Waals surface area contributed by atoms with Crippen LogP contribution in [-0.2, 0) is 11.3 Å². The van der Waals surface area contributed by atoms with Gasteiger partial charge in [0, 0.05) is 18.7 Å². The minimum atomic E-state index is -0.412. The zero-order valence-electron chi connectivity index (χ0n) is 15.0. The van der Waals surface area contributed by atoms with Gasteiger partial charge in [0.1, 0.15) is 10.4 Å². The summed E-state index contributed by atoms with van der Waals surface area (Å²) in [5.74, 6) is 0.656. The number of unbranched alkanes of at least 4 members (excludes halogenated alkanes) is 1. The van der Waals surface area contributed by atoms with Gasteiger partial charge in [-0.15, -0.1) is 11.3 Å². The van der Waals surface area contributed by atoms with E-state index in [2.05, 4.69) is 10.3 Å². The molecule has 0 aliphatic rings. The van der Waals surface area contributed by atoms with Gasteiger partial charge in [0.25, 0.3) is 5.56 Å². The summed E-state index contributed by atoms with van der Waals surface area (Å²) >= 11 is 1.31. The van der Waals surface area contributed by atoms with Gasteiger partial charge in [-0.05, 0) is 55.5 Å². The molecule has 0 saturated heterocycles. The molecule has 2 N–H and O–H groups in total. The normalized spacial score (nSPS) is 10.9. The molecule has 0 saturated carbocycles. The highest BCUT2D eigenvalue weighted by Crippen LogP contribution is 2.16. The Balaban J connectivity index is 1.49. The number of amides is 1. The molecule has 2 aromatic heterocycles. The SMILES string of the molecule is CCOc1ccc(NC(=O)CCCCn2c(=O)[nH]c3ccsc3c2=O)cc1. The van der Waals surface area contributed by atoms with Crippen molar-refractivity contribution in [1.82, 2.24) is 9.55 Å². The van der Waals surface area contributed by atoms with Gasteiger partial charge >= 0.3 is 5.69 Å². The van der Waals surface area contributed by atoms with E-state index >= 15 is 0 Å². The van der Waals surface area contributed by atoms with Crippen LogP contribution in [0.5, 0.6) is 5.75 Å². The van der Waals surface area contributed by atoms with E-state index in [1.807, 2.05) is 6.92 Å². The minimum Gasteiger partial charge on any atom is -0.494 e. The van der Waals surface area contributed by atoms with E-state index in [1.165, 1.54) is 15.9 Å². The third-order valence-corrected chi connectivity index (χ3v) is 4.98. The molecule has 0 spiro atoms. The Hall–Kier alpha value is -2.87. The Morgan fingerprint density at radius 1 is 1.19 bits per heavy atom. The summed E-state index contributed by atoms with van der Waals surface area (Å²) in [7, 11) is 0. The largest absolute Gasteiger partial charge is 0.494 e. The number of fused-ring (bicyclic) bond motifs is 1. The summed E-state index contributed by atoms with van der Waals surface area (Å²) in [6, 6.07) is 8.91. The molecule has 0 unspecified atom stereocenters. The van der Waals surface area contributed by atoms with E-state index in [-0.39, 0.29) is 11.5 Å². The molecular formula is C19H21N3O4S. The lowest BCUT2D eigenvalue weighted by Gasteiger charge is -2.08. The van der Waals surface area contributed by atoms with Crippen LogP contribution < -0.4 is 21.3 Å². The fraction of sp³-hybridized carbons (Fsp3) is 0.316. The number of nitrogens with zero attached hydrogens (tertiary/aromatic N) is 1. The molecule has 0 fully saturated rings. The van der Waals surface area contributed by atoms with Gasteiger partial charge in [-0.3, -0.25) is 14.2 Å². The van der Waals surface area contributed by atoms with Gasteiger partial charge < -0.3 is 15.0 Å². The van der Waals surface area contributed by atoms with Crippen molar-refractivity contribution < 1.29 is 9.53 Å². The minimum absolute atomic E-state index is 0.103. The Morgan fingerprint density at radius 2 is 1.96 bits per heavy atom. The van der Waals surface area contributed by atoms with Crippen LogP contribution in [-0.4, -0.2) is 22.1 Å². The first-order valence-corrected chi connectivity index (χ1v) is 9.69. The van der Waals surface area contributed by atoms with E-state index in [0.29, 0.717) is 48.3 Å². The quantitative estimate of drug-likeness (QED) is 0.581. The Labute approximate surface area is 159 Å². The second-order valence-electron chi connectivity index (χ2n) is 6.01. The lowest BCUT2D eigenvalue weighted by atomic mass is 10.2. The number of carbonyl (C=O) groups is 1. The van der Waals surface area contributed by atoms with Gasteiger partial charge in [-0.2, -0.15) is 0 Å². The molecule has 3 aromatic rings. The number of carbonyl (C=O) groups excluding carboxylic acids is 1. The van der Waals surface area contributed by atoms with E-state index in [1.54, 1.807) is 35.7 Å². The van der Waals surface area contributed by atoms with E-state index in [9.17, 15) is 14.4 Å². The van der Waals surface area contributed by atoms with Crippen molar-refractivity contribution in [2.24, 2.45) is 0 Å². The number of H-pyrrole nitrogens is 1. The van der Waals surface area contributed by atoms with E-state index in [0.717, 1.165) is 5.75 Å². The highest BCUT2D eigenvalue weighted by molar-refractivity contribution is 7.17. The van der Waals surface area contributed by atoms with Crippen LogP contribution in [0.1, 0.15) is 26.2 Å². The fourth-order valence-electron chi connectivity index (χ4n) is 2.75. The number of aromatic amines is 1. The van der Waals surface area contributed by atoms with Crippen molar-refractivity contribution in [2.75, 3.05) is 11.9 Å². The summed E-state index contributed by atoms with van der Waals surface area (Å²) < 4.78 is 7.10. The standard InChI is InChI=1S/C19H21N3O4S/c1-2-26-14-8-6-13(7-9-14)20-16(23)5-3-4-11-22-18(24)17-15(10-12-27-17)21-19(22)25/h6-10,12H,2-5,11H2,1H3,(H,20,23)(H,21,25). The Kier molecular flexibility index (Phi) is 6.08. The van der Waals surface area contributed by atoms with E-state index in [4.69, 9.17) is 4.74 Å². The zero-order valence-corrected chi connectivity index (χ0v) is 15.8. The van der Waals surface area contributed by atoms with Crippen LogP contribution in [0.2, 0.25) is 0 Å². The van der Waals surface area contributed by atoms with Crippen molar-refractivity contribution in [1.29, 1.82) is 0 Å². The third-order valence-electron chi connectivity index (χ3n) is 4.08. The van der Waals surface area contributed by atoms with Crippen molar-refractivity contribution in [3.63, 3.8) is 0 Å². The van der Waals surface area contributed by atoms with Crippen molar-refractivity contribution >= 4 is 33.1 Å². The van der Waals surface area contributed by atoms with Gasteiger partial charge in [0.15, 0.2) is 0 Å². The summed E-state index contributed by atoms with van der Waals surface area (Å²) in [4.78, 5) is 39.1. The second kappa shape index (κ2) is 8.68. The third kappa shape index (κ3) is 4.65. The van der Waals surface area contributed by atoms with Crippen LogP contribution in [0.3, 0.4) is 0 Å². The van der Waals surface area contributed by atoms with Gasteiger partial charge in [-0.25, -0.2) is 4.79 Å². The van der Waals surface area contributed by atoms with Crippen LogP contribution in [0.4, 0.5) is 5.69 Å². The maximum absolute atomic E-state index is 12.3. The smallest absolute Gasteiger partial charge is 0.328 e. The molecule has 0 bridgehead atoms. The predicted molar refractivity (Wildman–Crippen MR) is 107 cm³/mol. The molecule has 0 aliphatic heterocycles. The monoisotopic (exact) mass is 387 g/mol. The molecule has 0 aliphatic carbocycles. The number of hydrogen-bond acceptors (Lipinski definition) is 5. The number of anilines is 1. The molecule has 1 amide bonds. The maximum Gasteiger partial charge on any atom is 0.328 e.